The first-order valence-electron chi connectivity index (χ1n) is 54.5. The summed E-state index contributed by atoms with van der Waals surface area (Å²) in [7, 11) is 4.87. The van der Waals surface area contributed by atoms with Gasteiger partial charge >= 0.3 is 41.9 Å². The predicted octanol–water partition coefficient (Wildman–Crippen LogP) is 21.3. The SMILES string of the molecule is CC(C)N1CCC(N2Cc3c(Cl)cccc3NC2=O)CC1.CC(C)N1CCC(N2Cc3ccccc3NC2=O)C1.CC(C)N1CCC(N2Cc3cscc3NC2=O)CC1.COc1cc2c(cc1OC)NC(=O)N(C1CCN(C(C)C)CC1)C2.COc1cccc2c1NC(=O)N(C1CCN(C(C)C)CC1)C2.Cc1c(-c2ccccc2)[nH]c(=O)n1C1CCN(C(C)C)CC1.Cc1cccc2c1NC(=O)N(C1CCN(C(C)C)CC1)C2. The Morgan fingerprint density at radius 2 is 0.655 bits per heavy atom. The lowest BCUT2D eigenvalue weighted by molar-refractivity contribution is 0.105. The summed E-state index contributed by atoms with van der Waals surface area (Å²) < 4.78 is 18.0. The number of hydrogen-bond acceptors (Lipinski definition) is 18. The molecule has 12 amide bonds. The number of likely N-dealkylation sites (tertiary alicyclic amines) is 7. The van der Waals surface area contributed by atoms with E-state index in [9.17, 15) is 33.6 Å². The van der Waals surface area contributed by atoms with Gasteiger partial charge in [0, 0.05) is 247 Å². The molecule has 7 fully saturated rings. The first kappa shape index (κ1) is 111. The van der Waals surface area contributed by atoms with Gasteiger partial charge in [-0.3, -0.25) is 9.47 Å². The molecule has 2 aromatic heterocycles. The Bertz CT molecular complexity index is 5820. The standard InChI is InChI=1S/C18H27N3O3.C18H25N3O.C17H25N3O2.C17H25N3O.C16H22ClN3O.C15H21N3O.C14H21N3OS/c1-12(2)20-7-5-14(6-8-20)21-11-13-9-16(23-3)17(24-4)10-15(13)19-18(21)22;1-13(2)20-11-9-16(10-12-20)21-14(3)17(19-18(21)22)15-7-5-4-6-8-15;1-12(2)19-9-7-14(8-10-19)20-11-13-5-4-6-15(22-3)16(13)18-17(20)21;1-12(2)19-9-7-15(8-10-19)20-11-14-6-4-5-13(3)16(14)18-17(20)21;1-11(2)19-8-6-12(7-9-19)20-10-13-14(17)4-3-5-15(13)18-16(20)21;1-11(2)17-8-7-13(10-17)18-9-12-5-3-4-6-14(12)16-15(18)19;1-10(2)16-5-3-12(4-6-16)17-7-11-8-19-9-13(11)15-14(17)18/h9-10,12,14H,5-8,11H2,1-4H3,(H,19,22);4-8,13,16H,9-12H2,1-3H3,(H,19,22);4-6,12,14H,7-11H2,1-3H3,(H,18,21);4-6,12,15H,7-11H2,1-3H3,(H,18,21);3-5,11-12H,6-10H2,1-2H3,(H,18,21);3-6,11,13H,7-10H2,1-2H3,(H,16,19);8-10,12H,3-7H2,1-2H3,(H,15,18). The fraction of sp³-hybridized carbons (Fsp3) is 0.574. The number of H-pyrrole nitrogens is 1. The highest BCUT2D eigenvalue weighted by atomic mass is 35.5. The zero-order chi connectivity index (χ0) is 105. The van der Waals surface area contributed by atoms with Crippen molar-refractivity contribution < 1.29 is 43.0 Å². The van der Waals surface area contributed by atoms with Gasteiger partial charge in [0.15, 0.2) is 11.5 Å². The minimum atomic E-state index is -0.0160. The van der Waals surface area contributed by atoms with Crippen molar-refractivity contribution in [2.45, 2.75) is 318 Å². The second-order valence-electron chi connectivity index (χ2n) is 43.9. The molecule has 0 aliphatic carbocycles. The van der Waals surface area contributed by atoms with Crippen LogP contribution in [0.5, 0.6) is 17.2 Å². The number of hydrogen-bond donors (Lipinski definition) is 7. The summed E-state index contributed by atoms with van der Waals surface area (Å²) in [5, 5.41) is 23.0. The molecular weight excluding hydrogens is 1900 g/mol. The maximum absolute atomic E-state index is 12.6. The summed E-state index contributed by atoms with van der Waals surface area (Å²) in [6, 6.07) is 46.4. The largest absolute Gasteiger partial charge is 0.495 e. The molecule has 1 atom stereocenters. The van der Waals surface area contributed by atoms with Crippen LogP contribution in [-0.4, -0.2) is 301 Å². The Morgan fingerprint density at radius 3 is 1.12 bits per heavy atom. The second-order valence-corrected chi connectivity index (χ2v) is 45.0. The maximum atomic E-state index is 12.6. The summed E-state index contributed by atoms with van der Waals surface area (Å²) >= 11 is 7.93. The minimum Gasteiger partial charge on any atom is -0.495 e. The number of rotatable bonds is 18. The van der Waals surface area contributed by atoms with E-state index in [-0.39, 0.29) is 41.9 Å². The molecule has 1 unspecified atom stereocenters. The van der Waals surface area contributed by atoms with Crippen LogP contribution in [0.3, 0.4) is 0 Å². The van der Waals surface area contributed by atoms with E-state index in [1.54, 1.807) is 32.7 Å². The smallest absolute Gasteiger partial charge is 0.326 e. The topological polar surface area (TPSA) is 282 Å². The third kappa shape index (κ3) is 27.1. The summed E-state index contributed by atoms with van der Waals surface area (Å²) in [6.45, 7) is 54.5. The van der Waals surface area contributed by atoms with E-state index in [4.69, 9.17) is 25.8 Å². The first-order chi connectivity index (χ1) is 71.1. The lowest BCUT2D eigenvalue weighted by Crippen LogP contribution is -2.51. The van der Waals surface area contributed by atoms with Crippen molar-refractivity contribution in [3.05, 3.63) is 192 Å². The van der Waals surface area contributed by atoms with Gasteiger partial charge in [0.05, 0.1) is 62.9 Å². The van der Waals surface area contributed by atoms with Crippen LogP contribution in [0, 0.1) is 13.8 Å². The highest BCUT2D eigenvalue weighted by Gasteiger charge is 2.42. The Kier molecular flexibility index (Phi) is 38.5. The van der Waals surface area contributed by atoms with Gasteiger partial charge in [0.1, 0.15) is 5.75 Å². The monoisotopic (exact) mass is 2070 g/mol. The van der Waals surface area contributed by atoms with E-state index >= 15 is 0 Å². The zero-order valence-electron chi connectivity index (χ0n) is 91.2. The number of thiophene rings is 1. The van der Waals surface area contributed by atoms with Crippen LogP contribution in [0.15, 0.2) is 137 Å². The summed E-state index contributed by atoms with van der Waals surface area (Å²) in [5.41, 5.74) is 16.7. The summed E-state index contributed by atoms with van der Waals surface area (Å²) in [4.78, 5) is 119. The molecule has 31 nitrogen and oxygen atoms in total. The molecule has 6 aromatic carbocycles. The van der Waals surface area contributed by atoms with Crippen LogP contribution in [-0.2, 0) is 39.3 Å². The molecule has 33 heteroatoms. The van der Waals surface area contributed by atoms with Crippen molar-refractivity contribution in [1.82, 2.24) is 73.2 Å². The number of piperidine rings is 6. The number of aromatic amines is 1. The van der Waals surface area contributed by atoms with E-state index in [2.05, 4.69) is 218 Å². The highest BCUT2D eigenvalue weighted by Crippen LogP contribution is 2.42. The Labute approximate surface area is 887 Å². The minimum absolute atomic E-state index is 0.00000283. The average molecular weight is 2070 g/mol. The second kappa shape index (κ2) is 51.3. The van der Waals surface area contributed by atoms with E-state index in [1.807, 2.05) is 130 Å². The number of carbonyl (C=O) groups is 6. The van der Waals surface area contributed by atoms with Crippen LogP contribution in [0.25, 0.3) is 11.3 Å². The van der Waals surface area contributed by atoms with Crippen molar-refractivity contribution >= 4 is 93.2 Å². The number of benzene rings is 6. The van der Waals surface area contributed by atoms with Crippen molar-refractivity contribution in [1.29, 1.82) is 0 Å². The number of carbonyl (C=O) groups excluding carboxylic acids is 6. The number of aryl methyl sites for hydroxylation is 1. The molecule has 7 N–H and O–H groups in total. The summed E-state index contributed by atoms with van der Waals surface area (Å²) in [6.07, 6.45) is 13.7. The number of methoxy groups -OCH3 is 3. The number of nitrogens with zero attached hydrogens (tertiary/aromatic N) is 14. The zero-order valence-corrected chi connectivity index (χ0v) is 92.8. The number of ether oxygens (including phenoxy) is 3. The normalized spacial score (nSPS) is 20.3. The van der Waals surface area contributed by atoms with Gasteiger partial charge in [-0.15, -0.1) is 11.3 Å². The van der Waals surface area contributed by atoms with E-state index in [0.29, 0.717) is 116 Å². The lowest BCUT2D eigenvalue weighted by atomic mass is 9.99. The van der Waals surface area contributed by atoms with Crippen molar-refractivity contribution in [3.63, 3.8) is 0 Å². The third-order valence-electron chi connectivity index (χ3n) is 32.8. The van der Waals surface area contributed by atoms with Crippen molar-refractivity contribution in [2.75, 3.05) is 145 Å². The number of halogens is 1. The molecule has 804 valence electrons. The molecule has 15 heterocycles. The third-order valence-corrected chi connectivity index (χ3v) is 33.9. The quantitative estimate of drug-likeness (QED) is 0.0420. The van der Waals surface area contributed by atoms with Crippen molar-refractivity contribution in [2.24, 2.45) is 0 Å². The molecule has 148 heavy (non-hydrogen) atoms. The number of urea groups is 6. The van der Waals surface area contributed by atoms with Gasteiger partial charge in [0.25, 0.3) is 0 Å². The van der Waals surface area contributed by atoms with Gasteiger partial charge in [-0.1, -0.05) is 96.5 Å². The number of fused-ring (bicyclic) bond motifs is 6. The summed E-state index contributed by atoms with van der Waals surface area (Å²) in [5.74, 6) is 2.07. The number of imidazole rings is 1. The Balaban J connectivity index is 0.000000129. The number of nitrogens with one attached hydrogen (secondary N) is 7. The molecule has 0 saturated carbocycles. The molecule has 13 aliphatic heterocycles. The molecule has 0 spiro atoms. The molecule has 7 saturated heterocycles. The Hall–Kier alpha value is -10.9. The van der Waals surface area contributed by atoms with Crippen LogP contribution in [0.2, 0.25) is 5.02 Å². The fourth-order valence-corrected chi connectivity index (χ4v) is 24.4. The fourth-order valence-electron chi connectivity index (χ4n) is 23.4. The molecule has 0 bridgehead atoms. The highest BCUT2D eigenvalue weighted by molar-refractivity contribution is 7.08. The first-order valence-corrected chi connectivity index (χ1v) is 55.8. The molecule has 21 rings (SSSR count). The maximum Gasteiger partial charge on any atom is 0.326 e. The molecule has 8 aromatic rings. The molecular formula is C115H166ClN21O10S. The number of para-hydroxylation sites is 3. The van der Waals surface area contributed by atoms with E-state index in [1.165, 1.54) is 16.7 Å². The van der Waals surface area contributed by atoms with E-state index < -0.39 is 0 Å². The van der Waals surface area contributed by atoms with Crippen LogP contribution in [0.4, 0.5) is 62.9 Å². The van der Waals surface area contributed by atoms with Gasteiger partial charge in [0.2, 0.25) is 0 Å². The molecule has 0 radical (unpaired) electrons. The van der Waals surface area contributed by atoms with Crippen molar-refractivity contribution in [3.8, 4) is 28.5 Å². The van der Waals surface area contributed by atoms with Crippen LogP contribution < -0.4 is 51.8 Å². The van der Waals surface area contributed by atoms with Gasteiger partial charge < -0.3 is 110 Å². The number of anilines is 6. The lowest BCUT2D eigenvalue weighted by Gasteiger charge is -2.42. The van der Waals surface area contributed by atoms with Gasteiger partial charge in [-0.25, -0.2) is 33.6 Å². The van der Waals surface area contributed by atoms with E-state index in [0.717, 1.165) is 279 Å². The van der Waals surface area contributed by atoms with Crippen LogP contribution >= 0.6 is 22.9 Å². The molecule has 13 aliphatic rings. The number of aromatic nitrogens is 2. The van der Waals surface area contributed by atoms with Gasteiger partial charge in [-0.2, -0.15) is 0 Å². The van der Waals surface area contributed by atoms with Gasteiger partial charge in [-0.05, 0) is 263 Å². The predicted molar refractivity (Wildman–Crippen MR) is 597 cm³/mol. The number of amides is 12. The average Bonchev–Trinajstić information content (AvgIpc) is 1.20. The van der Waals surface area contributed by atoms with Crippen LogP contribution in [0.1, 0.15) is 231 Å². The Morgan fingerprint density at radius 1 is 0.311 bits per heavy atom.